The molecule has 0 radical (unpaired) electrons. The third-order valence-electron chi connectivity index (χ3n) is 8.59. The van der Waals surface area contributed by atoms with Gasteiger partial charge in [-0.15, -0.1) is 0 Å². The van der Waals surface area contributed by atoms with Crippen molar-refractivity contribution in [1.82, 2.24) is 4.90 Å². The summed E-state index contributed by atoms with van der Waals surface area (Å²) in [6, 6.07) is 22.8. The summed E-state index contributed by atoms with van der Waals surface area (Å²) in [5, 5.41) is 0. The minimum Gasteiger partial charge on any atom is -0.358 e. The van der Waals surface area contributed by atoms with Gasteiger partial charge in [-0.3, -0.25) is 4.99 Å². The fourth-order valence-corrected chi connectivity index (χ4v) is 6.76. The van der Waals surface area contributed by atoms with Crippen LogP contribution in [-0.2, 0) is 5.54 Å². The zero-order valence-corrected chi connectivity index (χ0v) is 20.9. The minimum atomic E-state index is -0.138. The predicted molar refractivity (Wildman–Crippen MR) is 145 cm³/mol. The molecule has 2 heteroatoms. The van der Waals surface area contributed by atoms with E-state index in [0.717, 1.165) is 5.70 Å². The molecule has 5 rings (SSSR count). The number of hydrogen-bond acceptors (Lipinski definition) is 2. The molecule has 2 aromatic carbocycles. The van der Waals surface area contributed by atoms with Gasteiger partial charge in [-0.2, -0.15) is 0 Å². The summed E-state index contributed by atoms with van der Waals surface area (Å²) >= 11 is 0. The molecular formula is C32H42N2. The monoisotopic (exact) mass is 454 g/mol. The van der Waals surface area contributed by atoms with Crippen LogP contribution in [0.25, 0.3) is 5.70 Å². The van der Waals surface area contributed by atoms with Crippen molar-refractivity contribution in [3.63, 3.8) is 0 Å². The van der Waals surface area contributed by atoms with Crippen LogP contribution < -0.4 is 0 Å². The topological polar surface area (TPSA) is 15.6 Å². The summed E-state index contributed by atoms with van der Waals surface area (Å²) in [6.07, 6.45) is 23.8. The van der Waals surface area contributed by atoms with Gasteiger partial charge in [0.25, 0.3) is 0 Å². The number of benzene rings is 2. The maximum Gasteiger partial charge on any atom is 0.103 e. The summed E-state index contributed by atoms with van der Waals surface area (Å²) in [7, 11) is 0. The largest absolute Gasteiger partial charge is 0.358 e. The Morgan fingerprint density at radius 3 is 1.76 bits per heavy atom. The molecule has 2 nitrogen and oxygen atoms in total. The van der Waals surface area contributed by atoms with E-state index >= 15 is 0 Å². The molecule has 1 aliphatic heterocycles. The van der Waals surface area contributed by atoms with Gasteiger partial charge in [0, 0.05) is 24.0 Å². The predicted octanol–water partition coefficient (Wildman–Crippen LogP) is 8.74. The molecule has 1 atom stereocenters. The summed E-state index contributed by atoms with van der Waals surface area (Å²) in [6.45, 7) is 0. The lowest BCUT2D eigenvalue weighted by atomic mass is 9.70. The highest BCUT2D eigenvalue weighted by molar-refractivity contribution is 5.84. The second-order valence-corrected chi connectivity index (χ2v) is 10.8. The summed E-state index contributed by atoms with van der Waals surface area (Å²) in [5.41, 5.74) is 3.66. The molecule has 2 fully saturated rings. The smallest absolute Gasteiger partial charge is 0.103 e. The summed E-state index contributed by atoms with van der Waals surface area (Å²) < 4.78 is 0. The van der Waals surface area contributed by atoms with Crippen LogP contribution in [0.3, 0.4) is 0 Å². The van der Waals surface area contributed by atoms with Crippen LogP contribution in [0.15, 0.2) is 71.9 Å². The number of nitrogens with zero attached hydrogens (tertiary/aromatic N) is 2. The van der Waals surface area contributed by atoms with E-state index in [-0.39, 0.29) is 5.54 Å². The fraction of sp³-hybridized carbons (Fsp3) is 0.531. The molecule has 3 aliphatic rings. The van der Waals surface area contributed by atoms with Crippen molar-refractivity contribution in [1.29, 1.82) is 0 Å². The van der Waals surface area contributed by atoms with Crippen molar-refractivity contribution in [3.05, 3.63) is 78.0 Å². The first-order chi connectivity index (χ1) is 16.9. The van der Waals surface area contributed by atoms with Crippen molar-refractivity contribution in [3.8, 4) is 0 Å². The normalized spacial score (nSPS) is 25.6. The van der Waals surface area contributed by atoms with E-state index in [1.54, 1.807) is 0 Å². The van der Waals surface area contributed by atoms with E-state index in [1.165, 1.54) is 101 Å². The lowest BCUT2D eigenvalue weighted by molar-refractivity contribution is 0.0695. The number of rotatable bonds is 4. The fourth-order valence-electron chi connectivity index (χ4n) is 6.76. The molecule has 1 unspecified atom stereocenters. The molecule has 2 aromatic rings. The number of hydrogen-bond donors (Lipinski definition) is 0. The van der Waals surface area contributed by atoms with Crippen molar-refractivity contribution in [2.75, 3.05) is 0 Å². The average molecular weight is 455 g/mol. The van der Waals surface area contributed by atoms with E-state index in [4.69, 9.17) is 4.99 Å². The van der Waals surface area contributed by atoms with E-state index in [0.29, 0.717) is 12.0 Å². The van der Waals surface area contributed by atoms with Gasteiger partial charge < -0.3 is 4.90 Å². The average Bonchev–Trinajstić information content (AvgIpc) is 2.85. The van der Waals surface area contributed by atoms with E-state index in [1.807, 2.05) is 0 Å². The molecule has 0 N–H and O–H groups in total. The van der Waals surface area contributed by atoms with Crippen LogP contribution in [0.4, 0.5) is 0 Å². The Labute approximate surface area is 207 Å². The van der Waals surface area contributed by atoms with Crippen molar-refractivity contribution in [2.24, 2.45) is 10.9 Å². The molecular weight excluding hydrogens is 412 g/mol. The first kappa shape index (κ1) is 23.4. The number of aliphatic imine (C=N–C) groups is 1. The van der Waals surface area contributed by atoms with Gasteiger partial charge >= 0.3 is 0 Å². The molecule has 0 spiro atoms. The Kier molecular flexibility index (Phi) is 7.83. The molecule has 180 valence electrons. The lowest BCUT2D eigenvalue weighted by Gasteiger charge is -2.52. The summed E-state index contributed by atoms with van der Waals surface area (Å²) in [4.78, 5) is 8.07. The van der Waals surface area contributed by atoms with Crippen LogP contribution in [-0.4, -0.2) is 17.2 Å². The quantitative estimate of drug-likeness (QED) is 0.451. The van der Waals surface area contributed by atoms with Gasteiger partial charge in [0.15, 0.2) is 0 Å². The molecule has 0 saturated heterocycles. The third-order valence-corrected chi connectivity index (χ3v) is 8.59. The zero-order chi connectivity index (χ0) is 23.1. The van der Waals surface area contributed by atoms with E-state index in [9.17, 15) is 0 Å². The molecule has 0 bridgehead atoms. The van der Waals surface area contributed by atoms with Crippen LogP contribution in [0.1, 0.15) is 101 Å². The molecule has 0 amide bonds. The van der Waals surface area contributed by atoms with E-state index < -0.39 is 0 Å². The highest BCUT2D eigenvalue weighted by atomic mass is 15.2. The van der Waals surface area contributed by atoms with Crippen molar-refractivity contribution < 1.29 is 0 Å². The Hall–Kier alpha value is -2.35. The Morgan fingerprint density at radius 1 is 0.618 bits per heavy atom. The minimum absolute atomic E-state index is 0.138. The highest BCUT2D eigenvalue weighted by Gasteiger charge is 2.46. The second kappa shape index (κ2) is 11.4. The summed E-state index contributed by atoms with van der Waals surface area (Å²) in [5.74, 6) is 0.609. The van der Waals surface area contributed by atoms with Crippen molar-refractivity contribution in [2.45, 2.75) is 101 Å². The SMILES string of the molecule is C1=NC(c2ccccc2)=CN(C2CCCCCCC2)C1(c1ccccc1)C1CCCCCCC1. The molecule has 0 aromatic heterocycles. The van der Waals surface area contributed by atoms with Crippen molar-refractivity contribution >= 4 is 11.9 Å². The maximum atomic E-state index is 5.24. The first-order valence-electron chi connectivity index (χ1n) is 14.0. The standard InChI is InChI=1S/C32H42N2/c1-3-11-19-28(20-12-4-1)32(29-21-13-8-14-22-29)26-33-31(27-17-9-7-10-18-27)25-34(32)30-23-15-5-2-6-16-24-30/h7-10,13-14,17-18,21-22,25-26,28,30H,1-6,11-12,15-16,19-20,23-24H2. The van der Waals surface area contributed by atoms with Crippen LogP contribution in [0.2, 0.25) is 0 Å². The Balaban J connectivity index is 1.62. The maximum absolute atomic E-state index is 5.24. The van der Waals surface area contributed by atoms with Gasteiger partial charge in [0.2, 0.25) is 0 Å². The van der Waals surface area contributed by atoms with Crippen LogP contribution in [0, 0.1) is 5.92 Å². The lowest BCUT2D eigenvalue weighted by Crippen LogP contribution is -2.55. The van der Waals surface area contributed by atoms with E-state index in [2.05, 4.69) is 78.0 Å². The third kappa shape index (κ3) is 5.02. The first-order valence-corrected chi connectivity index (χ1v) is 14.0. The van der Waals surface area contributed by atoms with Gasteiger partial charge in [0.1, 0.15) is 5.54 Å². The van der Waals surface area contributed by atoms with Gasteiger partial charge in [-0.1, -0.05) is 125 Å². The molecule has 1 heterocycles. The highest BCUT2D eigenvalue weighted by Crippen LogP contribution is 2.47. The zero-order valence-electron chi connectivity index (χ0n) is 20.9. The van der Waals surface area contributed by atoms with Gasteiger partial charge in [-0.25, -0.2) is 0 Å². The molecule has 2 saturated carbocycles. The van der Waals surface area contributed by atoms with Gasteiger partial charge in [0.05, 0.1) is 5.70 Å². The van der Waals surface area contributed by atoms with Crippen LogP contribution >= 0.6 is 0 Å². The Bertz CT molecular complexity index is 931. The van der Waals surface area contributed by atoms with Crippen LogP contribution in [0.5, 0.6) is 0 Å². The van der Waals surface area contributed by atoms with Gasteiger partial charge in [-0.05, 0) is 37.2 Å². The second-order valence-electron chi connectivity index (χ2n) is 10.8. The molecule has 34 heavy (non-hydrogen) atoms. The molecule has 2 aliphatic carbocycles. The Morgan fingerprint density at radius 2 is 1.15 bits per heavy atom.